The lowest BCUT2D eigenvalue weighted by Gasteiger charge is -2.26. The van der Waals surface area contributed by atoms with Crippen LogP contribution in [0.3, 0.4) is 0 Å². The third-order valence-electron chi connectivity index (χ3n) is 5.17. The zero-order valence-corrected chi connectivity index (χ0v) is 19.6. The van der Waals surface area contributed by atoms with E-state index < -0.39 is 10.0 Å². The third-order valence-corrected chi connectivity index (χ3v) is 8.06. The van der Waals surface area contributed by atoms with E-state index in [0.717, 1.165) is 0 Å². The maximum atomic E-state index is 13.5. The fourth-order valence-corrected chi connectivity index (χ4v) is 5.72. The van der Waals surface area contributed by atoms with Crippen molar-refractivity contribution in [1.82, 2.24) is 19.1 Å². The highest BCUT2D eigenvalue weighted by atomic mass is 32.2. The number of nitrogens with zero attached hydrogens (tertiary/aromatic N) is 4. The van der Waals surface area contributed by atoms with Crippen LogP contribution >= 0.6 is 11.8 Å². The fourth-order valence-electron chi connectivity index (χ4n) is 3.35. The van der Waals surface area contributed by atoms with Gasteiger partial charge < -0.3 is 4.74 Å². The molecule has 2 heterocycles. The zero-order chi connectivity index (χ0) is 23.4. The number of rotatable bonds is 8. The molecule has 0 atom stereocenters. The van der Waals surface area contributed by atoms with Crippen molar-refractivity contribution in [3.63, 3.8) is 0 Å². The van der Waals surface area contributed by atoms with E-state index in [1.165, 1.54) is 28.2 Å². The van der Waals surface area contributed by atoms with E-state index in [9.17, 15) is 17.6 Å². The number of benzene rings is 2. The first-order valence-corrected chi connectivity index (χ1v) is 12.9. The number of thioether (sulfide) groups is 1. The number of ketones is 1. The number of sulfonamides is 1. The van der Waals surface area contributed by atoms with Crippen molar-refractivity contribution in [2.75, 3.05) is 32.1 Å². The minimum Gasteiger partial charge on any atom is -0.379 e. The molecule has 1 aliphatic heterocycles. The predicted molar refractivity (Wildman–Crippen MR) is 122 cm³/mol. The number of halogens is 1. The van der Waals surface area contributed by atoms with E-state index in [2.05, 4.69) is 10.2 Å². The highest BCUT2D eigenvalue weighted by molar-refractivity contribution is 7.99. The van der Waals surface area contributed by atoms with Crippen LogP contribution in [0.25, 0.3) is 17.1 Å². The molecule has 1 aromatic heterocycles. The van der Waals surface area contributed by atoms with E-state index in [1.54, 1.807) is 47.9 Å². The van der Waals surface area contributed by atoms with Crippen LogP contribution < -0.4 is 0 Å². The van der Waals surface area contributed by atoms with Gasteiger partial charge in [-0.15, -0.1) is 10.2 Å². The Kier molecular flexibility index (Phi) is 7.23. The van der Waals surface area contributed by atoms with E-state index in [-0.39, 0.29) is 22.2 Å². The summed E-state index contributed by atoms with van der Waals surface area (Å²) in [5.74, 6) is 0.296. The van der Waals surface area contributed by atoms with Gasteiger partial charge in [0.1, 0.15) is 11.6 Å². The fraction of sp³-hybridized carbons (Fsp3) is 0.318. The first-order valence-electron chi connectivity index (χ1n) is 10.4. The Morgan fingerprint density at radius 3 is 2.55 bits per heavy atom. The smallest absolute Gasteiger partial charge is 0.243 e. The Morgan fingerprint density at radius 2 is 1.85 bits per heavy atom. The molecule has 1 aliphatic rings. The Morgan fingerprint density at radius 1 is 1.12 bits per heavy atom. The number of carbonyl (C=O) groups excluding carboxylic acids is 1. The van der Waals surface area contributed by atoms with E-state index in [4.69, 9.17) is 4.74 Å². The number of hydrogen-bond acceptors (Lipinski definition) is 7. The van der Waals surface area contributed by atoms with Crippen LogP contribution in [0.5, 0.6) is 0 Å². The monoisotopic (exact) mass is 490 g/mol. The number of hydrogen-bond donors (Lipinski definition) is 0. The Labute approximate surface area is 195 Å². The maximum absolute atomic E-state index is 13.5. The summed E-state index contributed by atoms with van der Waals surface area (Å²) in [5.41, 5.74) is 1.14. The molecule has 0 bridgehead atoms. The molecule has 11 heteroatoms. The van der Waals surface area contributed by atoms with Gasteiger partial charge in [0.2, 0.25) is 10.0 Å². The molecule has 0 radical (unpaired) electrons. The second-order valence-corrected chi connectivity index (χ2v) is 10.2. The van der Waals surface area contributed by atoms with Crippen molar-refractivity contribution < 1.29 is 22.3 Å². The van der Waals surface area contributed by atoms with Crippen LogP contribution in [0.4, 0.5) is 4.39 Å². The molecule has 0 N–H and O–H groups in total. The van der Waals surface area contributed by atoms with Crippen LogP contribution in [0, 0.1) is 5.82 Å². The minimum atomic E-state index is -3.70. The molecule has 8 nitrogen and oxygen atoms in total. The summed E-state index contributed by atoms with van der Waals surface area (Å²) < 4.78 is 48.2. The average Bonchev–Trinajstić information content (AvgIpc) is 3.27. The summed E-state index contributed by atoms with van der Waals surface area (Å²) in [4.78, 5) is 12.0. The van der Waals surface area contributed by atoms with Crippen molar-refractivity contribution >= 4 is 27.6 Å². The van der Waals surface area contributed by atoms with E-state index >= 15 is 0 Å². The molecule has 1 saturated heterocycles. The molecular weight excluding hydrogens is 467 g/mol. The SMILES string of the molecule is CCC(=O)CSc1nnc(-c2cccc(S(=O)(=O)N3CCOCC3)c2)n1-c1ccc(F)cc1. The molecule has 174 valence electrons. The number of Topliss-reactive ketones (excluding diaryl/α,β-unsaturated/α-hetero) is 1. The van der Waals surface area contributed by atoms with Crippen LogP contribution in [-0.2, 0) is 19.6 Å². The Bertz CT molecular complexity index is 1240. The van der Waals surface area contributed by atoms with Crippen LogP contribution in [0.2, 0.25) is 0 Å². The molecule has 33 heavy (non-hydrogen) atoms. The summed E-state index contributed by atoms with van der Waals surface area (Å²) >= 11 is 1.23. The molecular formula is C22H23FN4O4S2. The molecule has 0 saturated carbocycles. The third kappa shape index (κ3) is 5.16. The van der Waals surface area contributed by atoms with Crippen molar-refractivity contribution in [2.45, 2.75) is 23.4 Å². The molecule has 3 aromatic rings. The van der Waals surface area contributed by atoms with Gasteiger partial charge in [0.05, 0.1) is 23.9 Å². The largest absolute Gasteiger partial charge is 0.379 e. The lowest BCUT2D eigenvalue weighted by molar-refractivity contribution is -0.116. The van der Waals surface area contributed by atoms with Gasteiger partial charge >= 0.3 is 0 Å². The van der Waals surface area contributed by atoms with Gasteiger partial charge in [-0.1, -0.05) is 30.8 Å². The first-order chi connectivity index (χ1) is 15.9. The van der Waals surface area contributed by atoms with E-state index in [0.29, 0.717) is 55.0 Å². The van der Waals surface area contributed by atoms with Crippen molar-refractivity contribution in [3.8, 4) is 17.1 Å². The number of ether oxygens (including phenoxy) is 1. The van der Waals surface area contributed by atoms with Crippen LogP contribution in [-0.4, -0.2) is 65.3 Å². The van der Waals surface area contributed by atoms with Crippen LogP contribution in [0.15, 0.2) is 58.6 Å². The summed E-state index contributed by atoms with van der Waals surface area (Å²) in [6, 6.07) is 12.3. The summed E-state index contributed by atoms with van der Waals surface area (Å²) in [6.45, 7) is 3.10. The number of morpholine rings is 1. The molecule has 1 fully saturated rings. The normalized spacial score (nSPS) is 15.0. The van der Waals surface area contributed by atoms with Gasteiger partial charge in [0.25, 0.3) is 0 Å². The maximum Gasteiger partial charge on any atom is 0.243 e. The quantitative estimate of drug-likeness (QED) is 0.448. The van der Waals surface area contributed by atoms with Gasteiger partial charge in [-0.05, 0) is 36.4 Å². The summed E-state index contributed by atoms with van der Waals surface area (Å²) in [5, 5.41) is 8.97. The van der Waals surface area contributed by atoms with Crippen molar-refractivity contribution in [3.05, 3.63) is 54.3 Å². The van der Waals surface area contributed by atoms with Gasteiger partial charge in [-0.3, -0.25) is 9.36 Å². The zero-order valence-electron chi connectivity index (χ0n) is 18.0. The number of aromatic nitrogens is 3. The average molecular weight is 491 g/mol. The molecule has 2 aromatic carbocycles. The van der Waals surface area contributed by atoms with Crippen molar-refractivity contribution in [2.24, 2.45) is 0 Å². The lowest BCUT2D eigenvalue weighted by atomic mass is 10.2. The summed E-state index contributed by atoms with van der Waals surface area (Å²) in [7, 11) is -3.70. The molecule has 4 rings (SSSR count). The van der Waals surface area contributed by atoms with Gasteiger partial charge in [-0.2, -0.15) is 4.31 Å². The number of carbonyl (C=O) groups is 1. The molecule has 0 spiro atoms. The topological polar surface area (TPSA) is 94.4 Å². The second kappa shape index (κ2) is 10.1. The standard InChI is InChI=1S/C22H23FN4O4S2/c1-2-19(28)15-32-22-25-24-21(27(22)18-8-6-17(23)7-9-18)16-4-3-5-20(14-16)33(29,30)26-10-12-31-13-11-26/h3-9,14H,2,10-13,15H2,1H3. The van der Waals surface area contributed by atoms with Crippen molar-refractivity contribution in [1.29, 1.82) is 0 Å². The van der Waals surface area contributed by atoms with Gasteiger partial charge in [-0.25, -0.2) is 12.8 Å². The van der Waals surface area contributed by atoms with Crippen LogP contribution in [0.1, 0.15) is 13.3 Å². The van der Waals surface area contributed by atoms with Gasteiger partial charge in [0.15, 0.2) is 11.0 Å². The highest BCUT2D eigenvalue weighted by Crippen LogP contribution is 2.30. The molecule has 0 amide bonds. The predicted octanol–water partition coefficient (Wildman–Crippen LogP) is 3.17. The second-order valence-electron chi connectivity index (χ2n) is 7.34. The van der Waals surface area contributed by atoms with E-state index in [1.807, 2.05) is 0 Å². The Balaban J connectivity index is 1.75. The van der Waals surface area contributed by atoms with Gasteiger partial charge in [0, 0.05) is 30.8 Å². The molecule has 0 aliphatic carbocycles. The minimum absolute atomic E-state index is 0.0637. The highest BCUT2D eigenvalue weighted by Gasteiger charge is 2.27. The molecule has 0 unspecified atom stereocenters. The first kappa shape index (κ1) is 23.6. The summed E-state index contributed by atoms with van der Waals surface area (Å²) in [6.07, 6.45) is 0.409. The Hall–Kier alpha value is -2.60. The lowest BCUT2D eigenvalue weighted by Crippen LogP contribution is -2.40.